The molecule has 0 saturated heterocycles. The zero-order valence-corrected chi connectivity index (χ0v) is 10.9. The van der Waals surface area contributed by atoms with Gasteiger partial charge in [-0.1, -0.05) is 6.07 Å². The molecule has 19 heavy (non-hydrogen) atoms. The van der Waals surface area contributed by atoms with E-state index in [2.05, 4.69) is 0 Å². The van der Waals surface area contributed by atoms with Crippen molar-refractivity contribution in [3.8, 4) is 0 Å². The number of halogens is 5. The molecule has 0 aliphatic heterocycles. The first kappa shape index (κ1) is 15.6. The van der Waals surface area contributed by atoms with E-state index in [1.165, 1.54) is 13.8 Å². The molecule has 0 saturated carbocycles. The Hall–Kier alpha value is -1.46. The molecule has 0 radical (unpaired) electrons. The van der Waals surface area contributed by atoms with Gasteiger partial charge < -0.3 is 0 Å². The Balaban J connectivity index is 3.52. The van der Waals surface area contributed by atoms with Gasteiger partial charge in [0.25, 0.3) is 0 Å². The predicted molar refractivity (Wildman–Crippen MR) is 60.7 cm³/mol. The van der Waals surface area contributed by atoms with Gasteiger partial charge in [0.05, 0.1) is 0 Å². The topological polar surface area (TPSA) is 17.1 Å². The summed E-state index contributed by atoms with van der Waals surface area (Å²) in [6.45, 7) is 5.84. The number of carbonyl (C=O) groups is 1. The third kappa shape index (κ3) is 2.48. The minimum Gasteiger partial charge on any atom is -0.287 e. The van der Waals surface area contributed by atoms with Gasteiger partial charge in [0.2, 0.25) is 5.78 Å². The largest absolute Gasteiger partial charge is 0.461 e. The molecule has 0 aliphatic rings. The van der Waals surface area contributed by atoms with Gasteiger partial charge in [-0.15, -0.1) is 0 Å². The molecule has 0 atom stereocenters. The van der Waals surface area contributed by atoms with Crippen molar-refractivity contribution in [3.05, 3.63) is 33.9 Å². The van der Waals surface area contributed by atoms with E-state index in [0.29, 0.717) is 11.1 Å². The summed E-state index contributed by atoms with van der Waals surface area (Å²) in [7, 11) is 0. The van der Waals surface area contributed by atoms with Gasteiger partial charge in [0.1, 0.15) is 0 Å². The number of rotatable bonds is 2. The van der Waals surface area contributed by atoms with Crippen molar-refractivity contribution in [2.45, 2.75) is 39.8 Å². The quantitative estimate of drug-likeness (QED) is 0.583. The maximum Gasteiger partial charge on any atom is 0.461 e. The fourth-order valence-electron chi connectivity index (χ4n) is 1.84. The molecular weight excluding hydrogens is 267 g/mol. The van der Waals surface area contributed by atoms with Crippen LogP contribution in [0.25, 0.3) is 0 Å². The second-order valence-corrected chi connectivity index (χ2v) is 4.54. The van der Waals surface area contributed by atoms with Gasteiger partial charge in [0, 0.05) is 5.56 Å². The van der Waals surface area contributed by atoms with E-state index in [1.54, 1.807) is 19.9 Å². The molecule has 1 aromatic rings. The molecule has 0 fully saturated rings. The summed E-state index contributed by atoms with van der Waals surface area (Å²) in [5, 5.41) is 0. The van der Waals surface area contributed by atoms with Gasteiger partial charge in [0.15, 0.2) is 0 Å². The highest BCUT2D eigenvalue weighted by Crippen LogP contribution is 2.39. The number of ketones is 1. The summed E-state index contributed by atoms with van der Waals surface area (Å²) in [6, 6.07) is 1.65. The van der Waals surface area contributed by atoms with E-state index >= 15 is 0 Å². The first-order valence-corrected chi connectivity index (χ1v) is 5.48. The number of hydrogen-bond donors (Lipinski definition) is 0. The number of aryl methyl sites for hydroxylation is 2. The lowest BCUT2D eigenvalue weighted by Crippen LogP contribution is -2.44. The molecule has 0 unspecified atom stereocenters. The maximum atomic E-state index is 13.2. The summed E-state index contributed by atoms with van der Waals surface area (Å²) >= 11 is 0. The third-order valence-corrected chi connectivity index (χ3v) is 3.23. The minimum absolute atomic E-state index is 0.150. The molecule has 0 heterocycles. The normalized spacial score (nSPS) is 12.7. The third-order valence-electron chi connectivity index (χ3n) is 3.23. The Morgan fingerprint density at radius 2 is 1.26 bits per heavy atom. The fourth-order valence-corrected chi connectivity index (χ4v) is 1.84. The molecule has 1 nitrogen and oxygen atoms in total. The zero-order valence-electron chi connectivity index (χ0n) is 10.9. The molecule has 0 aliphatic carbocycles. The van der Waals surface area contributed by atoms with Crippen LogP contribution in [0.1, 0.15) is 32.6 Å². The number of Topliss-reactive ketones (excluding diaryl/α,β-unsaturated/α-hetero) is 1. The fraction of sp³-hybridized carbons (Fsp3) is 0.462. The molecule has 0 aromatic heterocycles. The van der Waals surface area contributed by atoms with Gasteiger partial charge >= 0.3 is 12.1 Å². The molecule has 0 amide bonds. The number of alkyl halides is 5. The lowest BCUT2D eigenvalue weighted by Gasteiger charge is -2.21. The summed E-state index contributed by atoms with van der Waals surface area (Å²) < 4.78 is 63.1. The SMILES string of the molecule is Cc1cc(C)c(C)c(C(=O)C(F)(F)C(F)(F)F)c1C. The molecule has 1 rings (SSSR count). The van der Waals surface area contributed by atoms with E-state index in [9.17, 15) is 26.7 Å². The van der Waals surface area contributed by atoms with Crippen LogP contribution in [0.5, 0.6) is 0 Å². The van der Waals surface area contributed by atoms with Crippen molar-refractivity contribution in [1.29, 1.82) is 0 Å². The van der Waals surface area contributed by atoms with Crippen LogP contribution in [0.2, 0.25) is 0 Å². The second kappa shape index (κ2) is 4.58. The van der Waals surface area contributed by atoms with Crippen LogP contribution in [-0.2, 0) is 0 Å². The highest BCUT2D eigenvalue weighted by molar-refractivity contribution is 6.04. The van der Waals surface area contributed by atoms with Crippen molar-refractivity contribution in [1.82, 2.24) is 0 Å². The number of benzene rings is 1. The maximum absolute atomic E-state index is 13.2. The van der Waals surface area contributed by atoms with Crippen LogP contribution in [0.4, 0.5) is 22.0 Å². The van der Waals surface area contributed by atoms with Crippen LogP contribution in [0, 0.1) is 27.7 Å². The van der Waals surface area contributed by atoms with Crippen LogP contribution < -0.4 is 0 Å². The van der Waals surface area contributed by atoms with Gasteiger partial charge in [-0.25, -0.2) is 0 Å². The average molecular weight is 280 g/mol. The average Bonchev–Trinajstić information content (AvgIpc) is 2.25. The monoisotopic (exact) mass is 280 g/mol. The standard InChI is InChI=1S/C13H13F5O/c1-6-5-7(2)9(4)10(8(6)3)11(19)12(14,15)13(16,17)18/h5H,1-4H3. The van der Waals surface area contributed by atoms with E-state index in [4.69, 9.17) is 0 Å². The summed E-state index contributed by atoms with van der Waals surface area (Å²) in [6.07, 6.45) is -5.89. The zero-order chi connectivity index (χ0) is 15.2. The molecule has 6 heteroatoms. The van der Waals surface area contributed by atoms with E-state index in [0.717, 1.165) is 0 Å². The Labute approximate surface area is 107 Å². The van der Waals surface area contributed by atoms with E-state index in [-0.39, 0.29) is 11.1 Å². The predicted octanol–water partition coefficient (Wildman–Crippen LogP) is 4.30. The van der Waals surface area contributed by atoms with Crippen molar-refractivity contribution in [2.24, 2.45) is 0 Å². The van der Waals surface area contributed by atoms with Crippen molar-refractivity contribution >= 4 is 5.78 Å². The van der Waals surface area contributed by atoms with E-state index < -0.39 is 23.4 Å². The van der Waals surface area contributed by atoms with Crippen LogP contribution in [-0.4, -0.2) is 17.9 Å². The molecule has 0 N–H and O–H groups in total. The Bertz CT molecular complexity index is 503. The Kier molecular flexibility index (Phi) is 3.76. The Morgan fingerprint density at radius 3 is 1.58 bits per heavy atom. The molecule has 0 spiro atoms. The van der Waals surface area contributed by atoms with E-state index in [1.807, 2.05) is 0 Å². The lowest BCUT2D eigenvalue weighted by atomic mass is 9.89. The number of carbonyl (C=O) groups excluding carboxylic acids is 1. The highest BCUT2D eigenvalue weighted by atomic mass is 19.4. The first-order chi connectivity index (χ1) is 8.41. The summed E-state index contributed by atoms with van der Waals surface area (Å²) in [5.41, 5.74) is 0.766. The van der Waals surface area contributed by atoms with Crippen molar-refractivity contribution in [2.75, 3.05) is 0 Å². The number of hydrogen-bond acceptors (Lipinski definition) is 1. The molecule has 0 bridgehead atoms. The lowest BCUT2D eigenvalue weighted by molar-refractivity contribution is -0.255. The first-order valence-electron chi connectivity index (χ1n) is 5.48. The highest BCUT2D eigenvalue weighted by Gasteiger charge is 2.63. The van der Waals surface area contributed by atoms with Gasteiger partial charge in [-0.2, -0.15) is 22.0 Å². The van der Waals surface area contributed by atoms with Crippen LogP contribution in [0.15, 0.2) is 6.07 Å². The molecule has 1 aromatic carbocycles. The molecule has 106 valence electrons. The van der Waals surface area contributed by atoms with Gasteiger partial charge in [-0.3, -0.25) is 4.79 Å². The van der Waals surface area contributed by atoms with Crippen molar-refractivity contribution < 1.29 is 26.7 Å². The minimum atomic E-state index is -5.89. The molecular formula is C13H13F5O. The summed E-state index contributed by atoms with van der Waals surface area (Å²) in [4.78, 5) is 11.6. The second-order valence-electron chi connectivity index (χ2n) is 4.54. The Morgan fingerprint density at radius 1 is 0.895 bits per heavy atom. The smallest absolute Gasteiger partial charge is 0.287 e. The van der Waals surface area contributed by atoms with Crippen molar-refractivity contribution in [3.63, 3.8) is 0 Å². The summed E-state index contributed by atoms with van der Waals surface area (Å²) in [5.74, 6) is -7.57. The van der Waals surface area contributed by atoms with Crippen LogP contribution in [0.3, 0.4) is 0 Å². The van der Waals surface area contributed by atoms with Gasteiger partial charge in [-0.05, 0) is 49.9 Å². The van der Waals surface area contributed by atoms with Crippen LogP contribution >= 0.6 is 0 Å².